The molecule has 3 aromatic carbocycles. The van der Waals surface area contributed by atoms with E-state index in [1.807, 2.05) is 29.1 Å². The third-order valence-corrected chi connectivity index (χ3v) is 8.18. The number of amides is 1. The number of halogens is 2. The van der Waals surface area contributed by atoms with E-state index in [9.17, 15) is 18.4 Å². The summed E-state index contributed by atoms with van der Waals surface area (Å²) in [6.45, 7) is 0.173. The molecular formula is C24H20Cl2N2O5S. The second-order valence-electron chi connectivity index (χ2n) is 8.36. The highest BCUT2D eigenvalue weighted by Gasteiger charge is 2.60. The zero-order chi connectivity index (χ0) is 24.0. The quantitative estimate of drug-likeness (QED) is 0.352. The minimum atomic E-state index is -4.18. The van der Waals surface area contributed by atoms with Gasteiger partial charge in [0.05, 0.1) is 10.8 Å². The third-order valence-electron chi connectivity index (χ3n) is 6.28. The summed E-state index contributed by atoms with van der Waals surface area (Å²) in [5.41, 5.74) is 3.02. The molecule has 0 radical (unpaired) electrons. The number of hydrogen-bond donors (Lipinski definition) is 2. The first kappa shape index (κ1) is 23.1. The van der Waals surface area contributed by atoms with Gasteiger partial charge in [0.25, 0.3) is 15.9 Å². The van der Waals surface area contributed by atoms with Crippen LogP contribution in [0.4, 0.5) is 0 Å². The summed E-state index contributed by atoms with van der Waals surface area (Å²) in [6.07, 6.45) is 0.751. The smallest absolute Gasteiger partial charge is 0.266 e. The predicted octanol–water partition coefficient (Wildman–Crippen LogP) is 4.57. The van der Waals surface area contributed by atoms with Crippen molar-refractivity contribution in [2.75, 3.05) is 0 Å². The number of nitrogens with zero attached hydrogens (tertiary/aromatic N) is 1. The van der Waals surface area contributed by atoms with Crippen molar-refractivity contribution in [3.63, 3.8) is 0 Å². The van der Waals surface area contributed by atoms with Crippen molar-refractivity contribution < 1.29 is 23.2 Å². The molecule has 2 N–H and O–H groups in total. The topological polar surface area (TPSA) is 95.9 Å². The molecule has 5 rings (SSSR count). The van der Waals surface area contributed by atoms with Crippen LogP contribution in [-0.2, 0) is 27.8 Å². The van der Waals surface area contributed by atoms with Crippen molar-refractivity contribution in [2.45, 2.75) is 23.8 Å². The fraction of sp³-hybridized carbons (Fsp3) is 0.208. The maximum atomic E-state index is 12.7. The van der Waals surface area contributed by atoms with Crippen LogP contribution in [0.1, 0.15) is 22.6 Å². The van der Waals surface area contributed by atoms with E-state index in [1.54, 1.807) is 18.2 Å². The second-order valence-corrected chi connectivity index (χ2v) is 10.9. The molecule has 7 nitrogen and oxygen atoms in total. The number of benzene rings is 3. The largest absolute Gasteiger partial charge is 0.489 e. The zero-order valence-electron chi connectivity index (χ0n) is 17.7. The van der Waals surface area contributed by atoms with Gasteiger partial charge in [-0.3, -0.25) is 10.0 Å². The van der Waals surface area contributed by atoms with Crippen LogP contribution in [-0.4, -0.2) is 24.7 Å². The van der Waals surface area contributed by atoms with Gasteiger partial charge in [-0.25, -0.2) is 8.42 Å². The summed E-state index contributed by atoms with van der Waals surface area (Å²) in [7, 11) is -4.18. The molecule has 0 aliphatic heterocycles. The first-order chi connectivity index (χ1) is 16.2. The lowest BCUT2D eigenvalue weighted by Gasteiger charge is -2.17. The van der Waals surface area contributed by atoms with Crippen LogP contribution in [0.5, 0.6) is 5.75 Å². The van der Waals surface area contributed by atoms with E-state index in [4.69, 9.17) is 27.9 Å². The molecule has 1 fully saturated rings. The number of sulfonamides is 1. The van der Waals surface area contributed by atoms with Crippen LogP contribution < -0.4 is 9.57 Å². The van der Waals surface area contributed by atoms with E-state index in [2.05, 4.69) is 0 Å². The summed E-state index contributed by atoms with van der Waals surface area (Å²) < 4.78 is 31.0. The van der Waals surface area contributed by atoms with E-state index < -0.39 is 21.8 Å². The SMILES string of the molecule is O=C([C@@H]1[C@H]2Cc3ccccc3[C@@H]21)N(O)NS(=O)(=O)c1ccc(OCc2ccc(Cl)cc2Cl)cc1. The van der Waals surface area contributed by atoms with Crippen LogP contribution in [0.25, 0.3) is 0 Å². The highest BCUT2D eigenvalue weighted by molar-refractivity contribution is 7.89. The molecule has 0 unspecified atom stereocenters. The summed E-state index contributed by atoms with van der Waals surface area (Å²) in [5.74, 6) is -0.555. The highest BCUT2D eigenvalue weighted by atomic mass is 35.5. The summed E-state index contributed by atoms with van der Waals surface area (Å²) in [5, 5.41) is 11.3. The van der Waals surface area contributed by atoms with E-state index in [1.165, 1.54) is 29.8 Å². The number of hydroxylamine groups is 1. The molecule has 34 heavy (non-hydrogen) atoms. The molecule has 176 valence electrons. The number of carbonyl (C=O) groups is 1. The first-order valence-electron chi connectivity index (χ1n) is 10.5. The Hall–Kier alpha value is -2.62. The zero-order valence-corrected chi connectivity index (χ0v) is 20.0. The Kier molecular flexibility index (Phi) is 6.03. The Balaban J connectivity index is 1.20. The van der Waals surface area contributed by atoms with Gasteiger partial charge in [-0.1, -0.05) is 58.4 Å². The van der Waals surface area contributed by atoms with E-state index >= 15 is 0 Å². The molecule has 0 spiro atoms. The van der Waals surface area contributed by atoms with Gasteiger partial charge < -0.3 is 4.74 Å². The summed E-state index contributed by atoms with van der Waals surface area (Å²) in [6, 6.07) is 18.5. The van der Waals surface area contributed by atoms with Gasteiger partial charge in [0.2, 0.25) is 0 Å². The normalized spacial score (nSPS) is 20.4. The molecular weight excluding hydrogens is 499 g/mol. The maximum Gasteiger partial charge on any atom is 0.266 e. The van der Waals surface area contributed by atoms with E-state index in [0.29, 0.717) is 15.8 Å². The highest BCUT2D eigenvalue weighted by Crippen LogP contribution is 2.61. The predicted molar refractivity (Wildman–Crippen MR) is 126 cm³/mol. The van der Waals surface area contributed by atoms with Crippen molar-refractivity contribution in [1.29, 1.82) is 0 Å². The Bertz CT molecular complexity index is 1360. The fourth-order valence-corrected chi connectivity index (χ4v) is 5.94. The monoisotopic (exact) mass is 518 g/mol. The lowest BCUT2D eigenvalue weighted by atomic mass is 10.0. The number of hydrogen-bond acceptors (Lipinski definition) is 5. The average Bonchev–Trinajstić information content (AvgIpc) is 3.38. The number of ether oxygens (including phenoxy) is 1. The number of carbonyl (C=O) groups excluding carboxylic acids is 1. The van der Waals surface area contributed by atoms with Crippen LogP contribution in [0, 0.1) is 11.8 Å². The van der Waals surface area contributed by atoms with Crippen LogP contribution in [0.3, 0.4) is 0 Å². The van der Waals surface area contributed by atoms with Gasteiger partial charge >= 0.3 is 0 Å². The van der Waals surface area contributed by atoms with Crippen molar-refractivity contribution in [1.82, 2.24) is 10.0 Å². The number of nitrogens with one attached hydrogen (secondary N) is 1. The van der Waals surface area contributed by atoms with E-state index in [0.717, 1.165) is 17.5 Å². The van der Waals surface area contributed by atoms with Crippen molar-refractivity contribution in [3.8, 4) is 5.75 Å². The lowest BCUT2D eigenvalue weighted by molar-refractivity contribution is -0.174. The molecule has 2 aliphatic carbocycles. The number of hydrazine groups is 1. The molecule has 0 saturated heterocycles. The minimum Gasteiger partial charge on any atom is -0.489 e. The fourth-order valence-electron chi connectivity index (χ4n) is 4.56. The van der Waals surface area contributed by atoms with E-state index in [-0.39, 0.29) is 28.5 Å². The maximum absolute atomic E-state index is 12.7. The van der Waals surface area contributed by atoms with Gasteiger partial charge in [0.15, 0.2) is 0 Å². The summed E-state index contributed by atoms with van der Waals surface area (Å²) >= 11 is 12.0. The van der Waals surface area contributed by atoms with Crippen LogP contribution in [0.15, 0.2) is 71.6 Å². The molecule has 3 aromatic rings. The molecule has 1 amide bonds. The Morgan fingerprint density at radius 1 is 1.09 bits per heavy atom. The van der Waals surface area contributed by atoms with Gasteiger partial charge in [-0.2, -0.15) is 0 Å². The Morgan fingerprint density at radius 2 is 1.82 bits per heavy atom. The number of fused-ring (bicyclic) bond motifs is 3. The van der Waals surface area contributed by atoms with Gasteiger partial charge in [0.1, 0.15) is 12.4 Å². The molecule has 1 saturated carbocycles. The van der Waals surface area contributed by atoms with Crippen molar-refractivity contribution >= 4 is 39.1 Å². The minimum absolute atomic E-state index is 0.0217. The molecule has 0 aromatic heterocycles. The Morgan fingerprint density at radius 3 is 2.56 bits per heavy atom. The van der Waals surface area contributed by atoms with Gasteiger partial charge in [-0.05, 0) is 59.9 Å². The molecule has 0 bridgehead atoms. The molecule has 2 aliphatic rings. The molecule has 3 atom stereocenters. The first-order valence-corrected chi connectivity index (χ1v) is 12.8. The van der Waals surface area contributed by atoms with Crippen molar-refractivity contribution in [3.05, 3.63) is 93.5 Å². The van der Waals surface area contributed by atoms with Crippen molar-refractivity contribution in [2.24, 2.45) is 11.8 Å². The van der Waals surface area contributed by atoms with Gasteiger partial charge in [-0.15, -0.1) is 5.17 Å². The van der Waals surface area contributed by atoms with Gasteiger partial charge in [0, 0.05) is 21.5 Å². The van der Waals surface area contributed by atoms with Crippen LogP contribution >= 0.6 is 23.2 Å². The second kappa shape index (κ2) is 8.87. The number of rotatable bonds is 7. The Labute approximate surface area is 206 Å². The summed E-state index contributed by atoms with van der Waals surface area (Å²) in [4.78, 5) is 14.5. The standard InChI is InChI=1S/C24H20Cl2N2O5S/c25-16-6-5-15(21(26)12-16)13-33-17-7-9-18(10-8-17)34(31,32)27-28(30)24(29)23-20-11-14-3-1-2-4-19(14)22(20)23/h1-10,12,20,22-23,27,30H,11,13H2/t20-,22-,23+/m0/s1. The third kappa shape index (κ3) is 4.39. The lowest BCUT2D eigenvalue weighted by Crippen LogP contribution is -2.45. The average molecular weight is 519 g/mol. The molecule has 10 heteroatoms. The molecule has 0 heterocycles. The van der Waals surface area contributed by atoms with Crippen LogP contribution in [0.2, 0.25) is 10.0 Å².